The molecule has 1 aromatic carbocycles. The molecule has 0 bridgehead atoms. The largest absolute Gasteiger partial charge is 0.496 e. The Hall–Kier alpha value is -2.18. The van der Waals surface area contributed by atoms with E-state index < -0.39 is 0 Å². The van der Waals surface area contributed by atoms with Crippen LogP contribution >= 0.6 is 24.4 Å². The maximum atomic E-state index is 5.87. The van der Waals surface area contributed by atoms with Gasteiger partial charge in [-0.05, 0) is 43.4 Å². The van der Waals surface area contributed by atoms with Gasteiger partial charge in [0, 0.05) is 12.6 Å². The van der Waals surface area contributed by atoms with Crippen molar-refractivity contribution >= 4 is 40.7 Å². The lowest BCUT2D eigenvalue weighted by Crippen LogP contribution is -2.26. The van der Waals surface area contributed by atoms with Crippen molar-refractivity contribution in [2.75, 3.05) is 13.7 Å². The van der Waals surface area contributed by atoms with E-state index in [9.17, 15) is 0 Å². The minimum atomic E-state index is 0.375. The highest BCUT2D eigenvalue weighted by Gasteiger charge is 2.28. The Morgan fingerprint density at radius 1 is 1.17 bits per heavy atom. The SMILES string of the molecule is CCN1C(=S)O/C(=C/c2ccc(-c3ccccc3OC)o2)C1=S. The summed E-state index contributed by atoms with van der Waals surface area (Å²) >= 11 is 10.5. The van der Waals surface area contributed by atoms with Crippen molar-refractivity contribution in [1.29, 1.82) is 0 Å². The van der Waals surface area contributed by atoms with E-state index in [1.54, 1.807) is 18.1 Å². The quantitative estimate of drug-likeness (QED) is 0.608. The number of likely N-dealkylation sites (N-methyl/N-ethyl adjacent to an activating group) is 1. The third kappa shape index (κ3) is 3.00. The zero-order valence-electron chi connectivity index (χ0n) is 12.7. The molecule has 2 aromatic rings. The minimum Gasteiger partial charge on any atom is -0.496 e. The van der Waals surface area contributed by atoms with Crippen molar-refractivity contribution in [3.8, 4) is 17.1 Å². The average Bonchev–Trinajstić information content (AvgIpc) is 3.12. The first kappa shape index (κ1) is 15.7. The second-order valence-electron chi connectivity index (χ2n) is 4.83. The van der Waals surface area contributed by atoms with Gasteiger partial charge in [0.15, 0.2) is 10.7 Å². The molecule has 4 nitrogen and oxygen atoms in total. The molecule has 1 aliphatic rings. The molecule has 1 saturated heterocycles. The van der Waals surface area contributed by atoms with E-state index in [1.807, 2.05) is 43.3 Å². The normalized spacial score (nSPS) is 16.1. The van der Waals surface area contributed by atoms with Crippen LogP contribution in [-0.2, 0) is 4.74 Å². The van der Waals surface area contributed by atoms with Crippen molar-refractivity contribution < 1.29 is 13.9 Å². The van der Waals surface area contributed by atoms with Gasteiger partial charge in [-0.15, -0.1) is 0 Å². The smallest absolute Gasteiger partial charge is 0.270 e. The van der Waals surface area contributed by atoms with Crippen molar-refractivity contribution in [2.45, 2.75) is 6.92 Å². The van der Waals surface area contributed by atoms with E-state index in [0.29, 0.717) is 34.0 Å². The van der Waals surface area contributed by atoms with Crippen molar-refractivity contribution in [3.05, 3.63) is 47.9 Å². The summed E-state index contributed by atoms with van der Waals surface area (Å²) in [6.45, 7) is 2.65. The summed E-state index contributed by atoms with van der Waals surface area (Å²) in [4.78, 5) is 2.34. The average molecular weight is 345 g/mol. The molecule has 3 rings (SSSR count). The lowest BCUT2D eigenvalue weighted by Gasteiger charge is -2.09. The Balaban J connectivity index is 1.90. The molecular weight excluding hydrogens is 330 g/mol. The summed E-state index contributed by atoms with van der Waals surface area (Å²) < 4.78 is 16.8. The van der Waals surface area contributed by atoms with Crippen molar-refractivity contribution in [1.82, 2.24) is 4.90 Å². The zero-order valence-corrected chi connectivity index (χ0v) is 14.4. The standard InChI is InChI=1S/C17H15NO3S2/c1-3-18-16(22)15(21-17(18)23)10-11-8-9-14(20-11)12-6-4-5-7-13(12)19-2/h4-10H,3H2,1-2H3/b15-10+. The fourth-order valence-electron chi connectivity index (χ4n) is 2.33. The molecule has 6 heteroatoms. The van der Waals surface area contributed by atoms with Crippen LogP contribution in [0.1, 0.15) is 12.7 Å². The predicted octanol–water partition coefficient (Wildman–Crippen LogP) is 4.26. The Morgan fingerprint density at radius 2 is 1.96 bits per heavy atom. The molecule has 1 fully saturated rings. The molecule has 0 atom stereocenters. The van der Waals surface area contributed by atoms with Crippen LogP contribution in [0.15, 0.2) is 46.6 Å². The van der Waals surface area contributed by atoms with Crippen LogP contribution in [-0.4, -0.2) is 28.7 Å². The summed E-state index contributed by atoms with van der Waals surface area (Å²) in [5, 5.41) is 0.375. The Kier molecular flexibility index (Phi) is 4.45. The van der Waals surface area contributed by atoms with Crippen LogP contribution in [0, 0.1) is 0 Å². The molecule has 0 saturated carbocycles. The van der Waals surface area contributed by atoms with Gasteiger partial charge in [0.2, 0.25) is 0 Å². The summed E-state index contributed by atoms with van der Waals surface area (Å²) in [7, 11) is 1.63. The van der Waals surface area contributed by atoms with Gasteiger partial charge in [0.05, 0.1) is 12.7 Å². The highest BCUT2D eigenvalue weighted by molar-refractivity contribution is 7.82. The first-order valence-corrected chi connectivity index (χ1v) is 7.94. The molecular formula is C17H15NO3S2. The van der Waals surface area contributed by atoms with Gasteiger partial charge in [-0.1, -0.05) is 24.4 Å². The predicted molar refractivity (Wildman–Crippen MR) is 97.3 cm³/mol. The van der Waals surface area contributed by atoms with E-state index in [-0.39, 0.29) is 0 Å². The van der Waals surface area contributed by atoms with Crippen molar-refractivity contribution in [2.24, 2.45) is 0 Å². The number of hydrogen-bond donors (Lipinski definition) is 0. The number of ether oxygens (including phenoxy) is 2. The van der Waals surface area contributed by atoms with Gasteiger partial charge < -0.3 is 13.9 Å². The van der Waals surface area contributed by atoms with E-state index in [1.165, 1.54) is 0 Å². The maximum Gasteiger partial charge on any atom is 0.270 e. The van der Waals surface area contributed by atoms with Gasteiger partial charge in [0.25, 0.3) is 5.17 Å². The zero-order chi connectivity index (χ0) is 16.4. The summed E-state index contributed by atoms with van der Waals surface area (Å²) in [5.41, 5.74) is 0.889. The second kappa shape index (κ2) is 6.52. The van der Waals surface area contributed by atoms with E-state index >= 15 is 0 Å². The lowest BCUT2D eigenvalue weighted by molar-refractivity contribution is 0.414. The fourth-order valence-corrected chi connectivity index (χ4v) is 3.01. The number of rotatable bonds is 4. The third-order valence-corrected chi connectivity index (χ3v) is 4.19. The van der Waals surface area contributed by atoms with Crippen LogP contribution in [0.25, 0.3) is 17.4 Å². The van der Waals surface area contributed by atoms with Crippen LogP contribution in [0.5, 0.6) is 5.75 Å². The maximum absolute atomic E-state index is 5.87. The number of para-hydroxylation sites is 1. The molecule has 2 heterocycles. The minimum absolute atomic E-state index is 0.375. The Labute approximate surface area is 145 Å². The van der Waals surface area contributed by atoms with Gasteiger partial charge >= 0.3 is 0 Å². The lowest BCUT2D eigenvalue weighted by atomic mass is 10.1. The molecule has 0 amide bonds. The molecule has 0 aliphatic carbocycles. The van der Waals surface area contributed by atoms with Gasteiger partial charge in [0.1, 0.15) is 17.3 Å². The first-order chi connectivity index (χ1) is 11.1. The van der Waals surface area contributed by atoms with Gasteiger partial charge in [-0.2, -0.15) is 0 Å². The van der Waals surface area contributed by atoms with Crippen LogP contribution in [0.3, 0.4) is 0 Å². The third-order valence-electron chi connectivity index (χ3n) is 3.46. The highest BCUT2D eigenvalue weighted by atomic mass is 32.1. The molecule has 23 heavy (non-hydrogen) atoms. The molecule has 0 N–H and O–H groups in total. The monoisotopic (exact) mass is 345 g/mol. The van der Waals surface area contributed by atoms with Crippen LogP contribution < -0.4 is 4.74 Å². The second-order valence-corrected chi connectivity index (χ2v) is 5.56. The number of nitrogens with zero attached hydrogens (tertiary/aromatic N) is 1. The highest BCUT2D eigenvalue weighted by Crippen LogP contribution is 2.32. The summed E-state index contributed by atoms with van der Waals surface area (Å²) in [6, 6.07) is 11.4. The molecule has 0 unspecified atom stereocenters. The fraction of sp³-hybridized carbons (Fsp3) is 0.176. The number of hydrogen-bond acceptors (Lipinski definition) is 5. The number of benzene rings is 1. The molecule has 1 aliphatic heterocycles. The van der Waals surface area contributed by atoms with Gasteiger partial charge in [-0.3, -0.25) is 4.90 Å². The summed E-state index contributed by atoms with van der Waals surface area (Å²) in [6.07, 6.45) is 1.75. The van der Waals surface area contributed by atoms with E-state index in [0.717, 1.165) is 11.3 Å². The molecule has 0 radical (unpaired) electrons. The molecule has 0 spiro atoms. The van der Waals surface area contributed by atoms with Crippen LogP contribution in [0.2, 0.25) is 0 Å². The first-order valence-electron chi connectivity index (χ1n) is 7.12. The number of methoxy groups -OCH3 is 1. The number of furan rings is 1. The van der Waals surface area contributed by atoms with E-state index in [4.69, 9.17) is 38.3 Å². The topological polar surface area (TPSA) is 34.8 Å². The Bertz CT molecular complexity index is 795. The van der Waals surface area contributed by atoms with E-state index in [2.05, 4.69) is 0 Å². The van der Waals surface area contributed by atoms with Crippen LogP contribution in [0.4, 0.5) is 0 Å². The number of thiocarbonyl (C=S) groups is 2. The molecule has 118 valence electrons. The molecule has 1 aromatic heterocycles. The summed E-state index contributed by atoms with van der Waals surface area (Å²) in [5.74, 6) is 2.65. The van der Waals surface area contributed by atoms with Gasteiger partial charge in [-0.25, -0.2) is 0 Å². The Morgan fingerprint density at radius 3 is 2.65 bits per heavy atom. The van der Waals surface area contributed by atoms with Crippen molar-refractivity contribution in [3.63, 3.8) is 0 Å².